The van der Waals surface area contributed by atoms with Gasteiger partial charge in [0.05, 0.1) is 18.6 Å². The van der Waals surface area contributed by atoms with Gasteiger partial charge in [0.1, 0.15) is 6.54 Å². The van der Waals surface area contributed by atoms with Crippen LogP contribution in [0.2, 0.25) is 0 Å². The molecule has 0 radical (unpaired) electrons. The largest absolute Gasteiger partial charge is 0.493 e. The van der Waals surface area contributed by atoms with Gasteiger partial charge in [-0.15, -0.1) is 6.58 Å². The van der Waals surface area contributed by atoms with Gasteiger partial charge in [0, 0.05) is 11.3 Å². The number of benzene rings is 2. The molecule has 1 saturated heterocycles. The third kappa shape index (κ3) is 5.84. The Labute approximate surface area is 197 Å². The SMILES string of the molecule is C=CCc1cc(/C=C2\SC(=O)N(CC(=O)Nc3ccc(C)cc3)C2=O)cc(OCC)c1OC. The minimum Gasteiger partial charge on any atom is -0.493 e. The highest BCUT2D eigenvalue weighted by Gasteiger charge is 2.36. The quantitative estimate of drug-likeness (QED) is 0.422. The Balaban J connectivity index is 1.80. The highest BCUT2D eigenvalue weighted by molar-refractivity contribution is 8.18. The molecule has 0 spiro atoms. The molecule has 3 amide bonds. The number of thioether (sulfide) groups is 1. The zero-order chi connectivity index (χ0) is 24.0. The van der Waals surface area contributed by atoms with Crippen molar-refractivity contribution in [3.05, 3.63) is 70.6 Å². The molecule has 0 bridgehead atoms. The van der Waals surface area contributed by atoms with E-state index in [0.717, 1.165) is 27.8 Å². The summed E-state index contributed by atoms with van der Waals surface area (Å²) in [6.45, 7) is 7.67. The van der Waals surface area contributed by atoms with E-state index in [9.17, 15) is 14.4 Å². The molecule has 0 aliphatic carbocycles. The Kier molecular flexibility index (Phi) is 7.95. The van der Waals surface area contributed by atoms with Crippen LogP contribution < -0.4 is 14.8 Å². The summed E-state index contributed by atoms with van der Waals surface area (Å²) in [5, 5.41) is 2.21. The van der Waals surface area contributed by atoms with Gasteiger partial charge in [0.25, 0.3) is 11.1 Å². The molecule has 2 aromatic rings. The van der Waals surface area contributed by atoms with Crippen molar-refractivity contribution < 1.29 is 23.9 Å². The number of allylic oxidation sites excluding steroid dienone is 1. The topological polar surface area (TPSA) is 84.9 Å². The van der Waals surface area contributed by atoms with Gasteiger partial charge in [0.2, 0.25) is 5.91 Å². The van der Waals surface area contributed by atoms with Crippen LogP contribution >= 0.6 is 11.8 Å². The van der Waals surface area contributed by atoms with Crippen molar-refractivity contribution in [2.45, 2.75) is 20.3 Å². The van der Waals surface area contributed by atoms with Crippen molar-refractivity contribution in [1.82, 2.24) is 4.90 Å². The smallest absolute Gasteiger partial charge is 0.294 e. The lowest BCUT2D eigenvalue weighted by atomic mass is 10.0. The molecule has 1 heterocycles. The molecule has 3 rings (SSSR count). The first-order valence-electron chi connectivity index (χ1n) is 10.4. The van der Waals surface area contributed by atoms with Crippen LogP contribution in [-0.2, 0) is 16.0 Å². The van der Waals surface area contributed by atoms with E-state index in [4.69, 9.17) is 9.47 Å². The predicted octanol–water partition coefficient (Wildman–Crippen LogP) is 4.81. The minimum absolute atomic E-state index is 0.236. The summed E-state index contributed by atoms with van der Waals surface area (Å²) in [4.78, 5) is 38.9. The Morgan fingerprint density at radius 3 is 2.58 bits per heavy atom. The van der Waals surface area contributed by atoms with Crippen LogP contribution in [0.5, 0.6) is 11.5 Å². The Morgan fingerprint density at radius 2 is 1.94 bits per heavy atom. The summed E-state index contributed by atoms with van der Waals surface area (Å²) in [6.07, 6.45) is 3.92. The third-order valence-electron chi connectivity index (χ3n) is 4.83. The molecule has 0 unspecified atom stereocenters. The standard InChI is InChI=1S/C25H26N2O5S/c1-5-7-18-12-17(13-20(32-6-2)23(18)31-4)14-21-24(29)27(25(30)33-21)15-22(28)26-19-10-8-16(3)9-11-19/h5,8-14H,1,6-7,15H2,2-4H3,(H,26,28)/b21-14-. The number of rotatable bonds is 9. The summed E-state index contributed by atoms with van der Waals surface area (Å²) in [5.74, 6) is 0.193. The lowest BCUT2D eigenvalue weighted by Crippen LogP contribution is -2.36. The normalized spacial score (nSPS) is 14.5. The predicted molar refractivity (Wildman–Crippen MR) is 131 cm³/mol. The maximum absolute atomic E-state index is 12.9. The van der Waals surface area contributed by atoms with Crippen molar-refractivity contribution in [3.63, 3.8) is 0 Å². The summed E-state index contributed by atoms with van der Waals surface area (Å²) < 4.78 is 11.2. The van der Waals surface area contributed by atoms with Gasteiger partial charge in [-0.25, -0.2) is 0 Å². The highest BCUT2D eigenvalue weighted by Crippen LogP contribution is 2.37. The molecule has 2 aromatic carbocycles. The van der Waals surface area contributed by atoms with Crippen LogP contribution in [0.25, 0.3) is 6.08 Å². The van der Waals surface area contributed by atoms with Gasteiger partial charge in [0.15, 0.2) is 11.5 Å². The molecular formula is C25H26N2O5S. The number of aryl methyl sites for hydroxylation is 1. The highest BCUT2D eigenvalue weighted by atomic mass is 32.2. The first-order chi connectivity index (χ1) is 15.9. The first kappa shape index (κ1) is 24.1. The van der Waals surface area contributed by atoms with Gasteiger partial charge >= 0.3 is 0 Å². The van der Waals surface area contributed by atoms with Gasteiger partial charge in [-0.2, -0.15) is 0 Å². The van der Waals surface area contributed by atoms with Crippen LogP contribution in [-0.4, -0.2) is 42.2 Å². The molecule has 1 aliphatic heterocycles. The molecule has 8 heteroatoms. The number of nitrogens with zero attached hydrogens (tertiary/aromatic N) is 1. The van der Waals surface area contributed by atoms with E-state index in [1.54, 1.807) is 37.5 Å². The van der Waals surface area contributed by atoms with Crippen LogP contribution in [0.3, 0.4) is 0 Å². The molecule has 33 heavy (non-hydrogen) atoms. The number of amides is 3. The monoisotopic (exact) mass is 466 g/mol. The molecule has 0 saturated carbocycles. The van der Waals surface area contributed by atoms with E-state index in [1.807, 2.05) is 32.0 Å². The third-order valence-corrected chi connectivity index (χ3v) is 5.74. The van der Waals surface area contributed by atoms with Crippen molar-refractivity contribution >= 4 is 40.6 Å². The number of ether oxygens (including phenoxy) is 2. The van der Waals surface area contributed by atoms with Crippen molar-refractivity contribution in [3.8, 4) is 11.5 Å². The Hall–Kier alpha value is -3.52. The van der Waals surface area contributed by atoms with E-state index in [0.29, 0.717) is 35.8 Å². The van der Waals surface area contributed by atoms with E-state index < -0.39 is 17.1 Å². The molecule has 1 fully saturated rings. The van der Waals surface area contributed by atoms with Crippen molar-refractivity contribution in [2.24, 2.45) is 0 Å². The van der Waals surface area contributed by atoms with Crippen LogP contribution in [0, 0.1) is 6.92 Å². The lowest BCUT2D eigenvalue weighted by molar-refractivity contribution is -0.127. The number of imide groups is 1. The molecule has 172 valence electrons. The van der Waals surface area contributed by atoms with Crippen molar-refractivity contribution in [1.29, 1.82) is 0 Å². The Morgan fingerprint density at radius 1 is 1.21 bits per heavy atom. The zero-order valence-corrected chi connectivity index (χ0v) is 19.7. The van der Waals surface area contributed by atoms with Gasteiger partial charge < -0.3 is 14.8 Å². The zero-order valence-electron chi connectivity index (χ0n) is 18.8. The number of carbonyl (C=O) groups excluding carboxylic acids is 3. The van der Waals surface area contributed by atoms with Crippen molar-refractivity contribution in [2.75, 3.05) is 25.6 Å². The lowest BCUT2D eigenvalue weighted by Gasteiger charge is -2.14. The number of carbonyl (C=O) groups is 3. The average molecular weight is 467 g/mol. The fourth-order valence-electron chi connectivity index (χ4n) is 3.34. The fraction of sp³-hybridized carbons (Fsp3) is 0.240. The second-order valence-electron chi connectivity index (χ2n) is 7.32. The van der Waals surface area contributed by atoms with E-state index in [-0.39, 0.29) is 11.4 Å². The van der Waals surface area contributed by atoms with E-state index in [2.05, 4.69) is 11.9 Å². The first-order valence-corrected chi connectivity index (χ1v) is 11.2. The maximum atomic E-state index is 12.9. The van der Waals surface area contributed by atoms with Crippen LogP contribution in [0.15, 0.2) is 54.0 Å². The second-order valence-corrected chi connectivity index (χ2v) is 8.31. The molecular weight excluding hydrogens is 440 g/mol. The van der Waals surface area contributed by atoms with Gasteiger partial charge in [-0.3, -0.25) is 19.3 Å². The number of anilines is 1. The number of hydrogen-bond acceptors (Lipinski definition) is 6. The average Bonchev–Trinajstić information content (AvgIpc) is 3.03. The molecule has 1 N–H and O–H groups in total. The second kappa shape index (κ2) is 10.9. The van der Waals surface area contributed by atoms with E-state index >= 15 is 0 Å². The molecule has 7 nitrogen and oxygen atoms in total. The fourth-order valence-corrected chi connectivity index (χ4v) is 4.18. The maximum Gasteiger partial charge on any atom is 0.294 e. The summed E-state index contributed by atoms with van der Waals surface area (Å²) in [5.41, 5.74) is 3.20. The van der Waals surface area contributed by atoms with Crippen LogP contribution in [0.4, 0.5) is 10.5 Å². The Bertz CT molecular complexity index is 1110. The van der Waals surface area contributed by atoms with Gasteiger partial charge in [-0.05, 0) is 67.9 Å². The molecule has 0 aromatic heterocycles. The molecule has 0 atom stereocenters. The van der Waals surface area contributed by atoms with Gasteiger partial charge in [-0.1, -0.05) is 23.8 Å². The summed E-state index contributed by atoms with van der Waals surface area (Å²) in [6, 6.07) is 10.9. The minimum atomic E-state index is -0.511. The summed E-state index contributed by atoms with van der Waals surface area (Å²) in [7, 11) is 1.57. The number of methoxy groups -OCH3 is 1. The van der Waals surface area contributed by atoms with Crippen LogP contribution in [0.1, 0.15) is 23.6 Å². The summed E-state index contributed by atoms with van der Waals surface area (Å²) >= 11 is 0.802. The van der Waals surface area contributed by atoms with E-state index in [1.165, 1.54) is 0 Å². The number of nitrogens with one attached hydrogen (secondary N) is 1. The number of hydrogen-bond donors (Lipinski definition) is 1. The molecule has 1 aliphatic rings.